The summed E-state index contributed by atoms with van der Waals surface area (Å²) in [6.45, 7) is 3.77. The van der Waals surface area contributed by atoms with Gasteiger partial charge in [-0.15, -0.1) is 0 Å². The van der Waals surface area contributed by atoms with Gasteiger partial charge in [-0.3, -0.25) is 9.35 Å². The van der Waals surface area contributed by atoms with E-state index in [9.17, 15) is 28.5 Å². The number of esters is 1. The van der Waals surface area contributed by atoms with Crippen molar-refractivity contribution in [3.63, 3.8) is 0 Å². The minimum absolute atomic E-state index is 0.0158. The van der Waals surface area contributed by atoms with Crippen molar-refractivity contribution in [2.75, 3.05) is 26.4 Å². The molecule has 4 N–H and O–H groups in total. The summed E-state index contributed by atoms with van der Waals surface area (Å²) in [5, 5.41) is 30.7. The Morgan fingerprint density at radius 2 is 1.11 bits per heavy atom. The second-order valence-electron chi connectivity index (χ2n) is 15.6. The molecule has 0 radical (unpaired) electrons. The lowest BCUT2D eigenvalue weighted by molar-refractivity contribution is -0.301. The highest BCUT2D eigenvalue weighted by Gasteiger charge is 2.48. The molecule has 1 fully saturated rings. The summed E-state index contributed by atoms with van der Waals surface area (Å²) in [5.74, 6) is -0.430. The van der Waals surface area contributed by atoms with Crippen molar-refractivity contribution < 1.29 is 56.2 Å². The standard InChI is InChI=1S/C49H82O12S/c1-3-5-7-9-11-13-15-17-18-19-20-21-22-23-24-25-26-27-28-30-32-34-36-38-45(51)59-43(41-57-39-37-35-33-31-29-16-14-12-10-8-6-4-2)42-58-49-47(53)48(61-62(54,55)56)46(52)44(40-50)60-49/h5,7,10-13,17-18,20-21,23-24,26-27,43-44,46-50,52-53H,3-4,6,8-9,14-16,19,22,25,28-42H2,1-2H3,(H,54,55,56)/b7-5-,12-10-,13-11-,18-17-,21-20-,24-23-,27-26-. The van der Waals surface area contributed by atoms with E-state index in [-0.39, 0.29) is 19.6 Å². The van der Waals surface area contributed by atoms with Gasteiger partial charge in [-0.2, -0.15) is 8.42 Å². The van der Waals surface area contributed by atoms with Crippen LogP contribution in [0.15, 0.2) is 85.1 Å². The lowest BCUT2D eigenvalue weighted by Crippen LogP contribution is -2.60. The zero-order valence-corrected chi connectivity index (χ0v) is 38.7. The molecule has 1 aliphatic heterocycles. The Hall–Kier alpha value is -2.72. The Morgan fingerprint density at radius 3 is 1.65 bits per heavy atom. The van der Waals surface area contributed by atoms with Crippen molar-refractivity contribution in [3.8, 4) is 0 Å². The Morgan fingerprint density at radius 1 is 0.629 bits per heavy atom. The maximum Gasteiger partial charge on any atom is 0.397 e. The fraction of sp³-hybridized carbons (Fsp3) is 0.694. The van der Waals surface area contributed by atoms with Crippen molar-refractivity contribution in [1.82, 2.24) is 0 Å². The van der Waals surface area contributed by atoms with Gasteiger partial charge in [0.25, 0.3) is 0 Å². The van der Waals surface area contributed by atoms with Gasteiger partial charge in [0.05, 0.1) is 19.8 Å². The van der Waals surface area contributed by atoms with E-state index < -0.39 is 59.8 Å². The highest BCUT2D eigenvalue weighted by atomic mass is 32.3. The second kappa shape index (κ2) is 39.8. The molecule has 0 aromatic heterocycles. The summed E-state index contributed by atoms with van der Waals surface area (Å²) in [4.78, 5) is 12.9. The fourth-order valence-corrected chi connectivity index (χ4v) is 6.99. The monoisotopic (exact) mass is 895 g/mol. The van der Waals surface area contributed by atoms with E-state index in [0.717, 1.165) is 103 Å². The van der Waals surface area contributed by atoms with Crippen LogP contribution in [0.25, 0.3) is 0 Å². The molecular weight excluding hydrogens is 813 g/mol. The molecule has 1 aliphatic rings. The molecule has 6 atom stereocenters. The first-order valence-electron chi connectivity index (χ1n) is 23.3. The predicted molar refractivity (Wildman–Crippen MR) is 248 cm³/mol. The first kappa shape index (κ1) is 57.3. The number of carbonyl (C=O) groups is 1. The summed E-state index contributed by atoms with van der Waals surface area (Å²) in [6.07, 6.45) is 43.3. The van der Waals surface area contributed by atoms with Gasteiger partial charge >= 0.3 is 16.4 Å². The van der Waals surface area contributed by atoms with E-state index in [2.05, 4.69) is 103 Å². The van der Waals surface area contributed by atoms with Gasteiger partial charge in [0, 0.05) is 13.0 Å². The number of carbonyl (C=O) groups excluding carboxylic acids is 1. The molecule has 1 heterocycles. The van der Waals surface area contributed by atoms with Gasteiger partial charge in [-0.25, -0.2) is 4.18 Å². The first-order chi connectivity index (χ1) is 30.1. The fourth-order valence-electron chi connectivity index (χ4n) is 6.48. The summed E-state index contributed by atoms with van der Waals surface area (Å²) >= 11 is 0. The third-order valence-electron chi connectivity index (χ3n) is 10.0. The summed E-state index contributed by atoms with van der Waals surface area (Å²) in [7, 11) is -5.07. The zero-order chi connectivity index (χ0) is 45.4. The smallest absolute Gasteiger partial charge is 0.397 e. The Labute approximate surface area is 374 Å². The summed E-state index contributed by atoms with van der Waals surface area (Å²) in [5.41, 5.74) is 0. The minimum atomic E-state index is -5.07. The van der Waals surface area contributed by atoms with Gasteiger partial charge in [0.15, 0.2) is 6.29 Å². The second-order valence-corrected chi connectivity index (χ2v) is 16.7. The molecular formula is C49H82O12S. The van der Waals surface area contributed by atoms with Crippen molar-refractivity contribution in [1.29, 1.82) is 0 Å². The molecule has 6 unspecified atom stereocenters. The molecule has 1 saturated heterocycles. The molecule has 62 heavy (non-hydrogen) atoms. The van der Waals surface area contributed by atoms with Crippen LogP contribution in [0.3, 0.4) is 0 Å². The number of allylic oxidation sites excluding steroid dienone is 14. The van der Waals surface area contributed by atoms with E-state index in [0.29, 0.717) is 13.0 Å². The molecule has 12 nitrogen and oxygen atoms in total. The molecule has 356 valence electrons. The normalized spacial score (nSPS) is 20.8. The van der Waals surface area contributed by atoms with Gasteiger partial charge in [-0.1, -0.05) is 150 Å². The Kier molecular flexibility index (Phi) is 36.8. The number of rotatable bonds is 39. The SMILES string of the molecule is CC/C=C\C/C=C\C/C=C\C/C=C\C/C=C\C/C=C\CCCCCCC(=O)OC(COCCCCCCCC/C=C\CCCC)COC1OC(CO)C(O)C(OS(=O)(=O)O)C1O. The lowest BCUT2D eigenvalue weighted by Gasteiger charge is -2.41. The quantitative estimate of drug-likeness (QED) is 0.0199. The molecule has 0 amide bonds. The van der Waals surface area contributed by atoms with E-state index in [1.165, 1.54) is 25.7 Å². The van der Waals surface area contributed by atoms with E-state index in [4.69, 9.17) is 23.5 Å². The van der Waals surface area contributed by atoms with E-state index >= 15 is 0 Å². The van der Waals surface area contributed by atoms with E-state index in [1.807, 2.05) is 0 Å². The Balaban J connectivity index is 2.42. The Bertz CT molecular complexity index is 1400. The largest absolute Gasteiger partial charge is 0.457 e. The molecule has 0 aliphatic carbocycles. The lowest BCUT2D eigenvalue weighted by atomic mass is 9.99. The van der Waals surface area contributed by atoms with Crippen LogP contribution in [-0.2, 0) is 38.3 Å². The summed E-state index contributed by atoms with van der Waals surface area (Å²) < 4.78 is 59.0. The maximum absolute atomic E-state index is 12.9. The molecule has 0 saturated carbocycles. The number of hydrogen-bond acceptors (Lipinski definition) is 11. The molecule has 0 spiro atoms. The predicted octanol–water partition coefficient (Wildman–Crippen LogP) is 10.1. The minimum Gasteiger partial charge on any atom is -0.457 e. The third-order valence-corrected chi connectivity index (χ3v) is 10.5. The van der Waals surface area contributed by atoms with Crippen molar-refractivity contribution in [2.24, 2.45) is 0 Å². The van der Waals surface area contributed by atoms with Crippen LogP contribution >= 0.6 is 0 Å². The van der Waals surface area contributed by atoms with Crippen LogP contribution in [0.5, 0.6) is 0 Å². The molecule has 13 heteroatoms. The number of hydrogen-bond donors (Lipinski definition) is 4. The van der Waals surface area contributed by atoms with Crippen LogP contribution < -0.4 is 0 Å². The van der Waals surface area contributed by atoms with Crippen LogP contribution in [0.2, 0.25) is 0 Å². The van der Waals surface area contributed by atoms with Crippen molar-refractivity contribution in [3.05, 3.63) is 85.1 Å². The maximum atomic E-state index is 12.9. The van der Waals surface area contributed by atoms with Gasteiger partial charge in [-0.05, 0) is 83.5 Å². The highest BCUT2D eigenvalue weighted by Crippen LogP contribution is 2.26. The zero-order valence-electron chi connectivity index (χ0n) is 37.9. The van der Waals surface area contributed by atoms with Crippen molar-refractivity contribution in [2.45, 2.75) is 192 Å². The molecule has 1 rings (SSSR count). The average Bonchev–Trinajstić information content (AvgIpc) is 3.24. The van der Waals surface area contributed by atoms with Gasteiger partial charge < -0.3 is 34.3 Å². The number of aliphatic hydroxyl groups excluding tert-OH is 3. The van der Waals surface area contributed by atoms with Crippen LogP contribution in [0, 0.1) is 0 Å². The van der Waals surface area contributed by atoms with Gasteiger partial charge in [0.1, 0.15) is 30.5 Å². The molecule has 0 bridgehead atoms. The van der Waals surface area contributed by atoms with Crippen LogP contribution in [-0.4, -0.2) is 97.5 Å². The highest BCUT2D eigenvalue weighted by molar-refractivity contribution is 7.80. The van der Waals surface area contributed by atoms with Crippen molar-refractivity contribution >= 4 is 16.4 Å². The third kappa shape index (κ3) is 32.9. The van der Waals surface area contributed by atoms with Crippen LogP contribution in [0.4, 0.5) is 0 Å². The molecule has 0 aromatic rings. The van der Waals surface area contributed by atoms with E-state index in [1.54, 1.807) is 0 Å². The van der Waals surface area contributed by atoms with Crippen LogP contribution in [0.1, 0.15) is 155 Å². The molecule has 0 aromatic carbocycles. The average molecular weight is 895 g/mol. The number of aliphatic hydroxyl groups is 3. The van der Waals surface area contributed by atoms with Gasteiger partial charge in [0.2, 0.25) is 0 Å². The first-order valence-corrected chi connectivity index (χ1v) is 24.7. The number of ether oxygens (including phenoxy) is 4. The number of unbranched alkanes of at least 4 members (excludes halogenated alkanes) is 12. The summed E-state index contributed by atoms with van der Waals surface area (Å²) in [6, 6.07) is 0. The topological polar surface area (TPSA) is 178 Å².